The van der Waals surface area contributed by atoms with Gasteiger partial charge in [0, 0.05) is 19.7 Å². The van der Waals surface area contributed by atoms with Crippen LogP contribution in [0.2, 0.25) is 0 Å². The molecule has 0 fully saturated rings. The van der Waals surface area contributed by atoms with E-state index in [0.717, 1.165) is 12.8 Å². The van der Waals surface area contributed by atoms with Crippen LogP contribution in [-0.4, -0.2) is 34.8 Å². The zero-order valence-corrected chi connectivity index (χ0v) is 11.0. The van der Waals surface area contributed by atoms with Crippen molar-refractivity contribution in [3.63, 3.8) is 0 Å². The Hall–Kier alpha value is -1.85. The first-order valence-corrected chi connectivity index (χ1v) is 6.09. The average molecular weight is 253 g/mol. The van der Waals surface area contributed by atoms with Crippen LogP contribution in [0.3, 0.4) is 0 Å². The predicted octanol–water partition coefficient (Wildman–Crippen LogP) is 1.13. The minimum absolute atomic E-state index is 0.233. The number of rotatable bonds is 6. The van der Waals surface area contributed by atoms with Crippen LogP contribution >= 0.6 is 0 Å². The highest BCUT2D eigenvalue weighted by Gasteiger charge is 2.17. The van der Waals surface area contributed by atoms with Gasteiger partial charge >= 0.3 is 5.97 Å². The first-order valence-electron chi connectivity index (χ1n) is 6.09. The van der Waals surface area contributed by atoms with Crippen molar-refractivity contribution in [1.29, 1.82) is 0 Å². The minimum atomic E-state index is -0.472. The maximum absolute atomic E-state index is 11.7. The number of carbonyl (C=O) groups is 2. The zero-order chi connectivity index (χ0) is 13.5. The monoisotopic (exact) mass is 253 g/mol. The van der Waals surface area contributed by atoms with Gasteiger partial charge in [-0.15, -0.1) is 0 Å². The molecule has 18 heavy (non-hydrogen) atoms. The lowest BCUT2D eigenvalue weighted by Gasteiger charge is -2.00. The fraction of sp³-hybridized carbons (Fsp3) is 0.583. The molecular formula is C12H19N3O3. The molecule has 6 nitrogen and oxygen atoms in total. The lowest BCUT2D eigenvalue weighted by atomic mass is 10.3. The number of hydrogen-bond donors (Lipinski definition) is 1. The van der Waals surface area contributed by atoms with Gasteiger partial charge in [0.15, 0.2) is 5.69 Å². The van der Waals surface area contributed by atoms with Gasteiger partial charge in [-0.1, -0.05) is 13.3 Å². The van der Waals surface area contributed by atoms with Crippen LogP contribution in [0.25, 0.3) is 0 Å². The predicted molar refractivity (Wildman–Crippen MR) is 66.4 cm³/mol. The summed E-state index contributed by atoms with van der Waals surface area (Å²) in [5.74, 6) is -0.741. The smallest absolute Gasteiger partial charge is 0.356 e. The third kappa shape index (κ3) is 3.58. The molecule has 0 aliphatic rings. The summed E-state index contributed by atoms with van der Waals surface area (Å²) >= 11 is 0. The van der Waals surface area contributed by atoms with E-state index in [-0.39, 0.29) is 17.3 Å². The topological polar surface area (TPSA) is 73.2 Å². The van der Waals surface area contributed by atoms with E-state index in [0.29, 0.717) is 13.2 Å². The summed E-state index contributed by atoms with van der Waals surface area (Å²) in [6, 6.07) is 1.44. The van der Waals surface area contributed by atoms with Gasteiger partial charge in [0.25, 0.3) is 5.91 Å². The van der Waals surface area contributed by atoms with E-state index >= 15 is 0 Å². The van der Waals surface area contributed by atoms with Crippen molar-refractivity contribution >= 4 is 11.9 Å². The third-order valence-electron chi connectivity index (χ3n) is 2.41. The molecule has 0 spiro atoms. The van der Waals surface area contributed by atoms with Crippen LogP contribution in [0.5, 0.6) is 0 Å². The lowest BCUT2D eigenvalue weighted by molar-refractivity contribution is 0.0513. The molecule has 100 valence electrons. The van der Waals surface area contributed by atoms with E-state index in [1.54, 1.807) is 14.0 Å². The van der Waals surface area contributed by atoms with Gasteiger partial charge in [-0.25, -0.2) is 4.79 Å². The van der Waals surface area contributed by atoms with Crippen LogP contribution in [0.1, 0.15) is 47.7 Å². The van der Waals surface area contributed by atoms with Crippen molar-refractivity contribution in [2.75, 3.05) is 13.2 Å². The highest BCUT2D eigenvalue weighted by atomic mass is 16.5. The quantitative estimate of drug-likeness (QED) is 0.609. The molecule has 1 rings (SSSR count). The number of ether oxygens (including phenoxy) is 1. The molecule has 0 saturated heterocycles. The van der Waals surface area contributed by atoms with Gasteiger partial charge in [0.2, 0.25) is 0 Å². The van der Waals surface area contributed by atoms with Crippen molar-refractivity contribution in [2.45, 2.75) is 26.7 Å². The highest BCUT2D eigenvalue weighted by molar-refractivity contribution is 5.95. The Labute approximate surface area is 106 Å². The summed E-state index contributed by atoms with van der Waals surface area (Å²) in [7, 11) is 1.61. The zero-order valence-electron chi connectivity index (χ0n) is 11.0. The van der Waals surface area contributed by atoms with E-state index in [1.807, 2.05) is 6.92 Å². The van der Waals surface area contributed by atoms with Gasteiger partial charge in [-0.2, -0.15) is 5.10 Å². The van der Waals surface area contributed by atoms with E-state index in [4.69, 9.17) is 4.74 Å². The van der Waals surface area contributed by atoms with Gasteiger partial charge in [0.05, 0.1) is 6.61 Å². The van der Waals surface area contributed by atoms with E-state index in [2.05, 4.69) is 10.4 Å². The Bertz CT molecular complexity index is 426. The number of aromatic nitrogens is 2. The fourth-order valence-corrected chi connectivity index (χ4v) is 1.44. The number of carbonyl (C=O) groups excluding carboxylic acids is 2. The van der Waals surface area contributed by atoms with Crippen LogP contribution in [0, 0.1) is 0 Å². The molecule has 0 aliphatic heterocycles. The van der Waals surface area contributed by atoms with Crippen molar-refractivity contribution in [2.24, 2.45) is 7.05 Å². The molecule has 0 atom stereocenters. The maximum atomic E-state index is 11.7. The summed E-state index contributed by atoms with van der Waals surface area (Å²) in [5.41, 5.74) is 0.508. The van der Waals surface area contributed by atoms with Crippen LogP contribution in [0.4, 0.5) is 0 Å². The van der Waals surface area contributed by atoms with E-state index in [9.17, 15) is 9.59 Å². The molecule has 0 bridgehead atoms. The summed E-state index contributed by atoms with van der Waals surface area (Å²) < 4.78 is 6.22. The molecule has 1 amide bonds. The molecule has 0 aromatic carbocycles. The fourth-order valence-electron chi connectivity index (χ4n) is 1.44. The number of unbranched alkanes of at least 4 members (excludes halogenated alkanes) is 1. The van der Waals surface area contributed by atoms with Gasteiger partial charge < -0.3 is 10.1 Å². The van der Waals surface area contributed by atoms with Gasteiger partial charge in [-0.05, 0) is 13.3 Å². The molecule has 0 aliphatic carbocycles. The summed E-state index contributed by atoms with van der Waals surface area (Å²) in [4.78, 5) is 23.3. The summed E-state index contributed by atoms with van der Waals surface area (Å²) in [6.45, 7) is 4.68. The average Bonchev–Trinajstić information content (AvgIpc) is 2.72. The molecule has 0 radical (unpaired) electrons. The number of aryl methyl sites for hydroxylation is 1. The van der Waals surface area contributed by atoms with E-state index in [1.165, 1.54) is 10.7 Å². The SMILES string of the molecule is CCCCNC(=O)c1cc(C(=O)OCC)n(C)n1. The third-order valence-corrected chi connectivity index (χ3v) is 2.41. The summed E-state index contributed by atoms with van der Waals surface area (Å²) in [6.07, 6.45) is 1.93. The molecule has 0 unspecified atom stereocenters. The second-order valence-corrected chi connectivity index (χ2v) is 3.87. The molecule has 0 saturated carbocycles. The molecule has 1 heterocycles. The van der Waals surface area contributed by atoms with E-state index < -0.39 is 5.97 Å². The number of amides is 1. The minimum Gasteiger partial charge on any atom is -0.461 e. The molecule has 6 heteroatoms. The lowest BCUT2D eigenvalue weighted by Crippen LogP contribution is -2.24. The normalized spacial score (nSPS) is 10.2. The summed E-state index contributed by atoms with van der Waals surface area (Å²) in [5, 5.41) is 6.74. The Morgan fingerprint density at radius 3 is 2.78 bits per heavy atom. The van der Waals surface area contributed by atoms with Crippen LogP contribution in [-0.2, 0) is 11.8 Å². The first kappa shape index (κ1) is 14.2. The van der Waals surface area contributed by atoms with Crippen molar-refractivity contribution < 1.29 is 14.3 Å². The first-order chi connectivity index (χ1) is 8.60. The number of esters is 1. The molecule has 1 aromatic heterocycles. The van der Waals surface area contributed by atoms with Crippen molar-refractivity contribution in [3.8, 4) is 0 Å². The second kappa shape index (κ2) is 6.78. The van der Waals surface area contributed by atoms with Crippen LogP contribution in [0.15, 0.2) is 6.07 Å². The maximum Gasteiger partial charge on any atom is 0.356 e. The molecular weight excluding hydrogens is 234 g/mol. The highest BCUT2D eigenvalue weighted by Crippen LogP contribution is 2.05. The Morgan fingerprint density at radius 2 is 2.17 bits per heavy atom. The Morgan fingerprint density at radius 1 is 1.44 bits per heavy atom. The number of hydrogen-bond acceptors (Lipinski definition) is 4. The molecule has 1 aromatic rings. The van der Waals surface area contributed by atoms with Gasteiger partial charge in [-0.3, -0.25) is 9.48 Å². The molecule has 1 N–H and O–H groups in total. The Kier molecular flexibility index (Phi) is 5.35. The number of nitrogens with one attached hydrogen (secondary N) is 1. The second-order valence-electron chi connectivity index (χ2n) is 3.87. The largest absolute Gasteiger partial charge is 0.461 e. The Balaban J connectivity index is 2.71. The van der Waals surface area contributed by atoms with Gasteiger partial charge in [0.1, 0.15) is 5.69 Å². The standard InChI is InChI=1S/C12H19N3O3/c1-4-6-7-13-11(16)9-8-10(15(3)14-9)12(17)18-5-2/h8H,4-7H2,1-3H3,(H,13,16). The number of nitrogens with zero attached hydrogens (tertiary/aromatic N) is 2. The van der Waals surface area contributed by atoms with Crippen molar-refractivity contribution in [1.82, 2.24) is 15.1 Å². The van der Waals surface area contributed by atoms with Crippen LogP contribution < -0.4 is 5.32 Å². The van der Waals surface area contributed by atoms with Crippen molar-refractivity contribution in [3.05, 3.63) is 17.5 Å².